The zero-order chi connectivity index (χ0) is 15.7. The second-order valence-corrected chi connectivity index (χ2v) is 6.43. The van der Waals surface area contributed by atoms with Crippen molar-refractivity contribution in [2.24, 2.45) is 5.92 Å². The first-order chi connectivity index (χ1) is 10.6. The molecule has 0 unspecified atom stereocenters. The summed E-state index contributed by atoms with van der Waals surface area (Å²) >= 11 is 0. The van der Waals surface area contributed by atoms with Gasteiger partial charge in [-0.25, -0.2) is 0 Å². The zero-order valence-electron chi connectivity index (χ0n) is 13.1. The minimum atomic E-state index is -0.202. The van der Waals surface area contributed by atoms with E-state index in [0.717, 1.165) is 37.0 Å². The van der Waals surface area contributed by atoms with Crippen LogP contribution >= 0.6 is 0 Å². The van der Waals surface area contributed by atoms with Crippen molar-refractivity contribution in [1.82, 2.24) is 9.88 Å². The maximum atomic E-state index is 12.7. The summed E-state index contributed by atoms with van der Waals surface area (Å²) < 4.78 is 0. The first-order valence-electron chi connectivity index (χ1n) is 7.95. The van der Waals surface area contributed by atoms with Crippen LogP contribution in [0.3, 0.4) is 0 Å². The average Bonchev–Trinajstić information content (AvgIpc) is 2.54. The van der Waals surface area contributed by atoms with E-state index >= 15 is 0 Å². The monoisotopic (exact) mass is 298 g/mol. The Balaban J connectivity index is 1.87. The highest BCUT2D eigenvalue weighted by atomic mass is 16.2. The van der Waals surface area contributed by atoms with Crippen molar-refractivity contribution in [3.05, 3.63) is 46.4 Å². The highest BCUT2D eigenvalue weighted by molar-refractivity contribution is 5.96. The van der Waals surface area contributed by atoms with Gasteiger partial charge in [0.05, 0.1) is 0 Å². The topological polar surface area (TPSA) is 53.2 Å². The third-order valence-electron chi connectivity index (χ3n) is 4.84. The fourth-order valence-corrected chi connectivity index (χ4v) is 3.31. The number of nitrogens with zero attached hydrogens (tertiary/aromatic N) is 1. The van der Waals surface area contributed by atoms with E-state index in [0.29, 0.717) is 11.1 Å². The molecule has 2 aromatic rings. The molecule has 0 atom stereocenters. The summed E-state index contributed by atoms with van der Waals surface area (Å²) in [5.74, 6) is 0.655. The van der Waals surface area contributed by atoms with Gasteiger partial charge in [0.2, 0.25) is 0 Å². The van der Waals surface area contributed by atoms with Crippen molar-refractivity contribution < 1.29 is 4.79 Å². The molecule has 1 aromatic heterocycles. The summed E-state index contributed by atoms with van der Waals surface area (Å²) in [6.07, 6.45) is 4.41. The van der Waals surface area contributed by atoms with Gasteiger partial charge in [0.1, 0.15) is 5.69 Å². The van der Waals surface area contributed by atoms with E-state index in [9.17, 15) is 9.59 Å². The lowest BCUT2D eigenvalue weighted by molar-refractivity contribution is 0.0673. The summed E-state index contributed by atoms with van der Waals surface area (Å²) in [6, 6.07) is 9.40. The Morgan fingerprint density at radius 2 is 1.86 bits per heavy atom. The second-order valence-electron chi connectivity index (χ2n) is 6.43. The quantitative estimate of drug-likeness (QED) is 0.925. The van der Waals surface area contributed by atoms with Gasteiger partial charge in [0.25, 0.3) is 11.5 Å². The molecular formula is C18H22N2O2. The van der Waals surface area contributed by atoms with E-state index in [1.165, 1.54) is 0 Å². The molecule has 1 fully saturated rings. The molecule has 1 aliphatic rings. The molecule has 4 nitrogen and oxygen atoms in total. The van der Waals surface area contributed by atoms with Gasteiger partial charge in [-0.2, -0.15) is 0 Å². The largest absolute Gasteiger partial charge is 0.337 e. The van der Waals surface area contributed by atoms with Gasteiger partial charge in [-0.05, 0) is 49.1 Å². The van der Waals surface area contributed by atoms with Crippen LogP contribution in [-0.2, 0) is 0 Å². The molecule has 1 saturated carbocycles. The van der Waals surface area contributed by atoms with Crippen LogP contribution in [0, 0.1) is 5.92 Å². The Labute approximate surface area is 130 Å². The van der Waals surface area contributed by atoms with E-state index in [1.54, 1.807) is 17.0 Å². The van der Waals surface area contributed by atoms with Crippen molar-refractivity contribution in [3.8, 4) is 0 Å². The van der Waals surface area contributed by atoms with Crippen LogP contribution in [0.5, 0.6) is 0 Å². The van der Waals surface area contributed by atoms with Crippen molar-refractivity contribution >= 4 is 16.7 Å². The molecule has 1 amide bonds. The van der Waals surface area contributed by atoms with Crippen LogP contribution in [-0.4, -0.2) is 28.9 Å². The van der Waals surface area contributed by atoms with Crippen LogP contribution < -0.4 is 5.56 Å². The maximum absolute atomic E-state index is 12.7. The first kappa shape index (κ1) is 14.8. The highest BCUT2D eigenvalue weighted by Gasteiger charge is 2.26. The zero-order valence-corrected chi connectivity index (χ0v) is 13.1. The number of carbonyl (C=O) groups is 1. The number of nitrogens with one attached hydrogen (secondary N) is 1. The van der Waals surface area contributed by atoms with Gasteiger partial charge < -0.3 is 9.88 Å². The molecule has 22 heavy (non-hydrogen) atoms. The van der Waals surface area contributed by atoms with Crippen molar-refractivity contribution in [3.63, 3.8) is 0 Å². The summed E-state index contributed by atoms with van der Waals surface area (Å²) in [5.41, 5.74) is 0.178. The van der Waals surface area contributed by atoms with Gasteiger partial charge in [-0.3, -0.25) is 9.59 Å². The predicted octanol–water partition coefficient (Wildman–Crippen LogP) is 3.18. The third kappa shape index (κ3) is 2.78. The number of aromatic amines is 1. The fraction of sp³-hybridized carbons (Fsp3) is 0.444. The number of carbonyl (C=O) groups excluding carboxylic acids is 1. The number of pyridine rings is 1. The van der Waals surface area contributed by atoms with Crippen LogP contribution in [0.4, 0.5) is 0 Å². The predicted molar refractivity (Wildman–Crippen MR) is 88.1 cm³/mol. The summed E-state index contributed by atoms with van der Waals surface area (Å²) in [6.45, 7) is 2.26. The third-order valence-corrected chi connectivity index (χ3v) is 4.84. The first-order valence-corrected chi connectivity index (χ1v) is 7.95. The fourth-order valence-electron chi connectivity index (χ4n) is 3.31. The van der Waals surface area contributed by atoms with E-state index in [-0.39, 0.29) is 17.5 Å². The van der Waals surface area contributed by atoms with Crippen molar-refractivity contribution in [2.45, 2.75) is 38.6 Å². The molecule has 0 aliphatic heterocycles. The standard InChI is InChI=1S/C18H22N2O2/c1-12-7-9-14(10-8-12)20(2)18(22)16-11-13-5-3-4-6-15(13)17(21)19-16/h3-6,11-12,14H,7-10H2,1-2H3,(H,19,21). The van der Waals surface area contributed by atoms with Gasteiger partial charge in [0.15, 0.2) is 0 Å². The molecule has 3 rings (SSSR count). The molecule has 1 N–H and O–H groups in total. The van der Waals surface area contributed by atoms with E-state index in [4.69, 9.17) is 0 Å². The molecule has 116 valence electrons. The molecule has 0 radical (unpaired) electrons. The number of H-pyrrole nitrogens is 1. The number of amides is 1. The van der Waals surface area contributed by atoms with Crippen LogP contribution in [0.15, 0.2) is 35.1 Å². The van der Waals surface area contributed by atoms with Crippen LogP contribution in [0.2, 0.25) is 0 Å². The lowest BCUT2D eigenvalue weighted by Crippen LogP contribution is -2.40. The number of aromatic nitrogens is 1. The number of fused-ring (bicyclic) bond motifs is 1. The maximum Gasteiger partial charge on any atom is 0.270 e. The molecule has 1 heterocycles. The van der Waals surface area contributed by atoms with E-state index in [2.05, 4.69) is 11.9 Å². The molecule has 0 bridgehead atoms. The molecule has 1 aromatic carbocycles. The Morgan fingerprint density at radius 1 is 1.18 bits per heavy atom. The molecule has 1 aliphatic carbocycles. The van der Waals surface area contributed by atoms with Gasteiger partial charge in [-0.15, -0.1) is 0 Å². The van der Waals surface area contributed by atoms with Gasteiger partial charge in [0, 0.05) is 18.5 Å². The smallest absolute Gasteiger partial charge is 0.270 e. The minimum Gasteiger partial charge on any atom is -0.337 e. The number of hydrogen-bond donors (Lipinski definition) is 1. The minimum absolute atomic E-state index is 0.0950. The Kier molecular flexibility index (Phi) is 4.01. The Morgan fingerprint density at radius 3 is 2.59 bits per heavy atom. The highest BCUT2D eigenvalue weighted by Crippen LogP contribution is 2.27. The normalized spacial score (nSPS) is 21.7. The molecular weight excluding hydrogens is 276 g/mol. The lowest BCUT2D eigenvalue weighted by Gasteiger charge is -2.33. The SMILES string of the molecule is CC1CCC(N(C)C(=O)c2cc3ccccc3c(=O)[nH]2)CC1. The van der Waals surface area contributed by atoms with Crippen LogP contribution in [0.25, 0.3) is 10.8 Å². The number of hydrogen-bond acceptors (Lipinski definition) is 2. The number of benzene rings is 1. The van der Waals surface area contributed by atoms with Gasteiger partial charge >= 0.3 is 0 Å². The van der Waals surface area contributed by atoms with Gasteiger partial charge in [-0.1, -0.05) is 25.1 Å². The number of rotatable bonds is 2. The lowest BCUT2D eigenvalue weighted by atomic mass is 9.86. The molecule has 4 heteroatoms. The summed E-state index contributed by atoms with van der Waals surface area (Å²) in [7, 11) is 1.84. The summed E-state index contributed by atoms with van der Waals surface area (Å²) in [5, 5.41) is 1.42. The summed E-state index contributed by atoms with van der Waals surface area (Å²) in [4.78, 5) is 29.3. The molecule has 0 spiro atoms. The Bertz CT molecular complexity index is 742. The van der Waals surface area contributed by atoms with E-state index in [1.807, 2.05) is 25.2 Å². The van der Waals surface area contributed by atoms with Crippen molar-refractivity contribution in [1.29, 1.82) is 0 Å². The molecule has 0 saturated heterocycles. The second kappa shape index (κ2) is 5.95. The average molecular weight is 298 g/mol. The van der Waals surface area contributed by atoms with Crippen LogP contribution in [0.1, 0.15) is 43.1 Å². The Hall–Kier alpha value is -2.10. The van der Waals surface area contributed by atoms with Crippen molar-refractivity contribution in [2.75, 3.05) is 7.05 Å². The van der Waals surface area contributed by atoms with E-state index < -0.39 is 0 Å².